The summed E-state index contributed by atoms with van der Waals surface area (Å²) in [7, 11) is 0. The van der Waals surface area contributed by atoms with Crippen LogP contribution in [-0.4, -0.2) is 22.8 Å². The van der Waals surface area contributed by atoms with E-state index in [2.05, 4.69) is 18.8 Å². The van der Waals surface area contributed by atoms with E-state index in [1.165, 1.54) is 16.7 Å². The normalized spacial score (nSPS) is 36.5. The van der Waals surface area contributed by atoms with Gasteiger partial charge in [0.05, 0.1) is 0 Å². The maximum atomic E-state index is 12.6. The van der Waals surface area contributed by atoms with Gasteiger partial charge in [0.15, 0.2) is 5.78 Å². The summed E-state index contributed by atoms with van der Waals surface area (Å²) in [5.74, 6) is 7.33. The summed E-state index contributed by atoms with van der Waals surface area (Å²) in [6, 6.07) is 7.74. The number of aliphatic hydroxyl groups is 1. The Morgan fingerprint density at radius 3 is 2.61 bits per heavy atom. The number of rotatable bonds is 2. The zero-order valence-electron chi connectivity index (χ0n) is 18.4. The van der Waals surface area contributed by atoms with Crippen molar-refractivity contribution in [2.24, 2.45) is 17.3 Å². The van der Waals surface area contributed by atoms with Crippen LogP contribution >= 0.6 is 0 Å². The third kappa shape index (κ3) is 2.99. The molecule has 31 heavy (non-hydrogen) atoms. The molecule has 1 aromatic carbocycles. The molecule has 2 fully saturated rings. The van der Waals surface area contributed by atoms with Crippen molar-refractivity contribution in [3.05, 3.63) is 58.2 Å². The van der Waals surface area contributed by atoms with Crippen LogP contribution in [0.3, 0.4) is 0 Å². The molecule has 160 valence electrons. The fourth-order valence-corrected chi connectivity index (χ4v) is 7.15. The molecule has 0 radical (unpaired) electrons. The zero-order valence-corrected chi connectivity index (χ0v) is 18.4. The van der Waals surface area contributed by atoms with Gasteiger partial charge in [0, 0.05) is 23.3 Å². The van der Waals surface area contributed by atoms with E-state index in [-0.39, 0.29) is 17.1 Å². The topological polar surface area (TPSA) is 54.4 Å². The monoisotopic (exact) mass is 414 g/mol. The van der Waals surface area contributed by atoms with Crippen molar-refractivity contribution >= 4 is 12.1 Å². The molecule has 2 saturated carbocycles. The maximum Gasteiger partial charge on any atom is 0.156 e. The molecule has 3 nitrogen and oxygen atoms in total. The van der Waals surface area contributed by atoms with Gasteiger partial charge < -0.3 is 5.11 Å². The van der Waals surface area contributed by atoms with Crippen molar-refractivity contribution in [2.45, 2.75) is 70.3 Å². The number of allylic oxidation sites excluding steroid dienone is 4. The summed E-state index contributed by atoms with van der Waals surface area (Å²) >= 11 is 0. The Kier molecular flexibility index (Phi) is 4.83. The second-order valence-electron chi connectivity index (χ2n) is 10.1. The molecular weight excluding hydrogens is 384 g/mol. The number of hydrogen-bond acceptors (Lipinski definition) is 3. The quantitative estimate of drug-likeness (QED) is 0.538. The van der Waals surface area contributed by atoms with Crippen LogP contribution in [0, 0.1) is 29.1 Å². The Balaban J connectivity index is 1.59. The standard InChI is InChI=1S/C28H30O3/c1-3-12-28(31)14-11-25-22-9-8-20-15-21(30)16-24(19-6-4-18(17-29)5-7-19)26(20)23(22)10-13-27(25,28)2/h4-7,15,17,22,24-25,31H,8-11,13-14,16H2,1-2H3/t22-,24+,25+,27-,28+/m1/s1. The first-order valence-electron chi connectivity index (χ1n) is 11.6. The number of carbonyl (C=O) groups excluding carboxylic acids is 2. The lowest BCUT2D eigenvalue weighted by atomic mass is 9.54. The minimum atomic E-state index is -0.884. The summed E-state index contributed by atoms with van der Waals surface area (Å²) < 4.78 is 0. The Bertz CT molecular complexity index is 1060. The first-order chi connectivity index (χ1) is 14.9. The van der Waals surface area contributed by atoms with Gasteiger partial charge in [-0.3, -0.25) is 9.59 Å². The van der Waals surface area contributed by atoms with Crippen LogP contribution in [0.4, 0.5) is 0 Å². The molecule has 1 aromatic rings. The highest BCUT2D eigenvalue weighted by Crippen LogP contribution is 2.64. The predicted octanol–water partition coefficient (Wildman–Crippen LogP) is 5.15. The molecule has 0 heterocycles. The van der Waals surface area contributed by atoms with Gasteiger partial charge >= 0.3 is 0 Å². The Morgan fingerprint density at radius 2 is 1.90 bits per heavy atom. The molecule has 0 spiro atoms. The minimum Gasteiger partial charge on any atom is -0.377 e. The summed E-state index contributed by atoms with van der Waals surface area (Å²) in [5, 5.41) is 11.4. The fraction of sp³-hybridized carbons (Fsp3) is 0.500. The van der Waals surface area contributed by atoms with E-state index in [0.29, 0.717) is 23.8 Å². The number of benzene rings is 1. The third-order valence-corrected chi connectivity index (χ3v) is 8.74. The lowest BCUT2D eigenvalue weighted by Crippen LogP contribution is -2.49. The fourth-order valence-electron chi connectivity index (χ4n) is 7.15. The predicted molar refractivity (Wildman–Crippen MR) is 120 cm³/mol. The van der Waals surface area contributed by atoms with E-state index in [1.807, 2.05) is 37.3 Å². The van der Waals surface area contributed by atoms with Crippen molar-refractivity contribution in [2.75, 3.05) is 0 Å². The van der Waals surface area contributed by atoms with Crippen molar-refractivity contribution in [1.29, 1.82) is 0 Å². The van der Waals surface area contributed by atoms with E-state index in [9.17, 15) is 14.7 Å². The van der Waals surface area contributed by atoms with Crippen LogP contribution in [-0.2, 0) is 4.79 Å². The Hall–Kier alpha value is -2.44. The number of ketones is 1. The van der Waals surface area contributed by atoms with Crippen LogP contribution in [0.5, 0.6) is 0 Å². The first kappa shape index (κ1) is 20.5. The average Bonchev–Trinajstić information content (AvgIpc) is 3.04. The second kappa shape index (κ2) is 7.31. The zero-order chi connectivity index (χ0) is 21.8. The van der Waals surface area contributed by atoms with Crippen molar-refractivity contribution in [3.8, 4) is 11.8 Å². The van der Waals surface area contributed by atoms with Gasteiger partial charge in [0.1, 0.15) is 11.9 Å². The highest BCUT2D eigenvalue weighted by Gasteiger charge is 2.60. The third-order valence-electron chi connectivity index (χ3n) is 8.74. The number of hydrogen-bond donors (Lipinski definition) is 1. The molecule has 5 atom stereocenters. The molecule has 0 unspecified atom stereocenters. The molecule has 4 aliphatic carbocycles. The maximum absolute atomic E-state index is 12.6. The second-order valence-corrected chi connectivity index (χ2v) is 10.1. The van der Waals surface area contributed by atoms with Gasteiger partial charge in [-0.25, -0.2) is 0 Å². The summed E-state index contributed by atoms with van der Waals surface area (Å²) in [4.78, 5) is 23.7. The highest BCUT2D eigenvalue weighted by atomic mass is 16.3. The van der Waals surface area contributed by atoms with Crippen LogP contribution < -0.4 is 0 Å². The summed E-state index contributed by atoms with van der Waals surface area (Å²) in [5.41, 5.74) is 4.86. The average molecular weight is 415 g/mol. The van der Waals surface area contributed by atoms with Gasteiger partial charge in [-0.1, -0.05) is 42.7 Å². The van der Waals surface area contributed by atoms with Crippen LogP contribution in [0.2, 0.25) is 0 Å². The minimum absolute atomic E-state index is 0.0751. The van der Waals surface area contributed by atoms with E-state index in [1.54, 1.807) is 0 Å². The molecule has 0 aromatic heterocycles. The van der Waals surface area contributed by atoms with E-state index in [0.717, 1.165) is 50.4 Å². The summed E-state index contributed by atoms with van der Waals surface area (Å²) in [6.07, 6.45) is 8.92. The lowest BCUT2D eigenvalue weighted by Gasteiger charge is -2.51. The summed E-state index contributed by atoms with van der Waals surface area (Å²) in [6.45, 7) is 4.07. The molecule has 0 bridgehead atoms. The SMILES string of the molecule is CC#C[C@]1(O)CC[C@H]2[C@@H]3CCC4=CC(=O)C[C@@H](c5ccc(C=O)cc5)C4=C3CC[C@]21C. The number of fused-ring (bicyclic) bond motifs is 4. The van der Waals surface area contributed by atoms with Crippen LogP contribution in [0.15, 0.2) is 47.1 Å². The molecular formula is C28H30O3. The van der Waals surface area contributed by atoms with Crippen LogP contribution in [0.1, 0.15) is 80.6 Å². The van der Waals surface area contributed by atoms with Crippen molar-refractivity contribution in [1.82, 2.24) is 0 Å². The molecule has 4 aliphatic rings. The van der Waals surface area contributed by atoms with Gasteiger partial charge in [-0.2, -0.15) is 0 Å². The van der Waals surface area contributed by atoms with E-state index < -0.39 is 5.60 Å². The molecule has 3 heteroatoms. The smallest absolute Gasteiger partial charge is 0.156 e. The van der Waals surface area contributed by atoms with Crippen LogP contribution in [0.25, 0.3) is 0 Å². The van der Waals surface area contributed by atoms with Crippen molar-refractivity contribution < 1.29 is 14.7 Å². The van der Waals surface area contributed by atoms with Gasteiger partial charge in [-0.15, -0.1) is 5.92 Å². The first-order valence-corrected chi connectivity index (χ1v) is 11.6. The molecule has 0 amide bonds. The van der Waals surface area contributed by atoms with Crippen molar-refractivity contribution in [3.63, 3.8) is 0 Å². The largest absolute Gasteiger partial charge is 0.377 e. The molecule has 1 N–H and O–H groups in total. The van der Waals surface area contributed by atoms with Gasteiger partial charge in [0.25, 0.3) is 0 Å². The lowest BCUT2D eigenvalue weighted by molar-refractivity contribution is -0.115. The van der Waals surface area contributed by atoms with Gasteiger partial charge in [0.2, 0.25) is 0 Å². The Morgan fingerprint density at radius 1 is 1.13 bits per heavy atom. The number of carbonyl (C=O) groups is 2. The highest BCUT2D eigenvalue weighted by molar-refractivity contribution is 5.94. The van der Waals surface area contributed by atoms with Gasteiger partial charge in [-0.05, 0) is 80.1 Å². The molecule has 5 rings (SSSR count). The van der Waals surface area contributed by atoms with E-state index in [4.69, 9.17) is 0 Å². The molecule has 0 saturated heterocycles. The van der Waals surface area contributed by atoms with E-state index >= 15 is 0 Å². The Labute approximate surface area is 184 Å². The number of aldehydes is 1. The molecule has 0 aliphatic heterocycles.